The van der Waals surface area contributed by atoms with Crippen molar-refractivity contribution in [3.05, 3.63) is 58.1 Å². The van der Waals surface area contributed by atoms with Crippen LogP contribution in [0.1, 0.15) is 28.4 Å². The van der Waals surface area contributed by atoms with E-state index >= 15 is 0 Å². The first-order valence-electron chi connectivity index (χ1n) is 6.33. The van der Waals surface area contributed by atoms with E-state index in [9.17, 15) is 15.0 Å². The molecule has 0 amide bonds. The number of benzene rings is 2. The summed E-state index contributed by atoms with van der Waals surface area (Å²) in [5.74, 6) is -0.383. The van der Waals surface area contributed by atoms with E-state index in [1.165, 1.54) is 6.07 Å². The number of carbonyl (C=O) groups is 1. The van der Waals surface area contributed by atoms with Gasteiger partial charge in [0.1, 0.15) is 11.5 Å². The first-order chi connectivity index (χ1) is 9.51. The van der Waals surface area contributed by atoms with Crippen LogP contribution in [-0.4, -0.2) is 16.0 Å². The molecule has 0 radical (unpaired) electrons. The minimum atomic E-state index is -0.196. The quantitative estimate of drug-likeness (QED) is 0.843. The number of phenols is 2. The van der Waals surface area contributed by atoms with E-state index in [1.54, 1.807) is 30.3 Å². The van der Waals surface area contributed by atoms with E-state index in [2.05, 4.69) is 0 Å². The van der Waals surface area contributed by atoms with E-state index in [0.29, 0.717) is 17.0 Å². The van der Waals surface area contributed by atoms with Crippen molar-refractivity contribution >= 4 is 17.4 Å². The van der Waals surface area contributed by atoms with Crippen LogP contribution in [0.15, 0.2) is 36.4 Å². The average Bonchev–Trinajstić information content (AvgIpc) is 2.41. The van der Waals surface area contributed by atoms with Crippen LogP contribution >= 0.6 is 11.6 Å². The molecule has 0 unspecified atom stereocenters. The minimum absolute atomic E-state index is 0.00745. The Hall–Kier alpha value is -2.00. The Morgan fingerprint density at radius 3 is 2.35 bits per heavy atom. The molecule has 0 aliphatic carbocycles. The maximum absolute atomic E-state index is 12.2. The van der Waals surface area contributed by atoms with Gasteiger partial charge in [0.2, 0.25) is 0 Å². The number of phenolic OH excluding ortho intramolecular Hbond substituents is 2. The summed E-state index contributed by atoms with van der Waals surface area (Å²) in [6.07, 6.45) is 0.770. The van der Waals surface area contributed by atoms with Crippen LogP contribution < -0.4 is 0 Å². The molecule has 2 rings (SSSR count). The highest BCUT2D eigenvalue weighted by Gasteiger charge is 2.15. The van der Waals surface area contributed by atoms with Gasteiger partial charge in [-0.2, -0.15) is 0 Å². The summed E-state index contributed by atoms with van der Waals surface area (Å²) in [7, 11) is 0. The van der Waals surface area contributed by atoms with Gasteiger partial charge in [0.15, 0.2) is 5.78 Å². The van der Waals surface area contributed by atoms with Gasteiger partial charge in [-0.15, -0.1) is 0 Å². The number of hydrogen-bond donors (Lipinski definition) is 2. The van der Waals surface area contributed by atoms with Crippen LogP contribution in [0.2, 0.25) is 5.02 Å². The van der Waals surface area contributed by atoms with Crippen LogP contribution in [0.5, 0.6) is 11.5 Å². The van der Waals surface area contributed by atoms with Crippen LogP contribution in [0, 0.1) is 0 Å². The molecule has 0 aliphatic rings. The van der Waals surface area contributed by atoms with Crippen molar-refractivity contribution in [1.82, 2.24) is 0 Å². The van der Waals surface area contributed by atoms with Crippen molar-refractivity contribution in [1.29, 1.82) is 0 Å². The maximum atomic E-state index is 12.2. The lowest BCUT2D eigenvalue weighted by Crippen LogP contribution is -2.04. The molecule has 20 heavy (non-hydrogen) atoms. The molecule has 0 saturated carbocycles. The topological polar surface area (TPSA) is 57.5 Å². The number of aromatic hydroxyl groups is 2. The maximum Gasteiger partial charge on any atom is 0.170 e. The number of carbonyl (C=O) groups excluding carboxylic acids is 1. The van der Waals surface area contributed by atoms with Crippen LogP contribution in [0.3, 0.4) is 0 Å². The molecular weight excluding hydrogens is 276 g/mol. The van der Waals surface area contributed by atoms with Gasteiger partial charge in [-0.1, -0.05) is 30.7 Å². The number of Topliss-reactive ketones (excluding diaryl/α,β-unsaturated/α-hetero) is 1. The first kappa shape index (κ1) is 14.4. The lowest BCUT2D eigenvalue weighted by molar-refractivity contribution is 0.0990. The van der Waals surface area contributed by atoms with Gasteiger partial charge in [-0.05, 0) is 35.7 Å². The summed E-state index contributed by atoms with van der Waals surface area (Å²) in [5.41, 5.74) is 1.70. The van der Waals surface area contributed by atoms with Gasteiger partial charge in [-0.25, -0.2) is 0 Å². The van der Waals surface area contributed by atoms with Crippen LogP contribution in [-0.2, 0) is 12.8 Å². The molecule has 2 N–H and O–H groups in total. The SMILES string of the molecule is CCc1cc(C(=O)Cc2ccc(Cl)cc2)c(O)cc1O. The predicted molar refractivity (Wildman–Crippen MR) is 78.6 cm³/mol. The van der Waals surface area contributed by atoms with E-state index in [0.717, 1.165) is 5.56 Å². The zero-order valence-corrected chi connectivity index (χ0v) is 11.8. The molecular formula is C16H15ClO3. The second-order valence-electron chi connectivity index (χ2n) is 4.58. The van der Waals surface area contributed by atoms with E-state index < -0.39 is 0 Å². The molecule has 104 valence electrons. The highest BCUT2D eigenvalue weighted by atomic mass is 35.5. The van der Waals surface area contributed by atoms with Gasteiger partial charge >= 0.3 is 0 Å². The van der Waals surface area contributed by atoms with Gasteiger partial charge in [0, 0.05) is 17.5 Å². The molecule has 0 atom stereocenters. The Bertz CT molecular complexity index is 633. The molecule has 0 fully saturated rings. The predicted octanol–water partition coefficient (Wildman–Crippen LogP) is 3.74. The Balaban J connectivity index is 2.27. The Kier molecular flexibility index (Phi) is 4.30. The molecule has 3 nitrogen and oxygen atoms in total. The smallest absolute Gasteiger partial charge is 0.170 e. The zero-order chi connectivity index (χ0) is 14.7. The number of ketones is 1. The van der Waals surface area contributed by atoms with Gasteiger partial charge in [0.25, 0.3) is 0 Å². The van der Waals surface area contributed by atoms with Crippen molar-refractivity contribution in [2.75, 3.05) is 0 Å². The van der Waals surface area contributed by atoms with Crippen molar-refractivity contribution in [2.24, 2.45) is 0 Å². The fourth-order valence-corrected chi connectivity index (χ4v) is 2.14. The van der Waals surface area contributed by atoms with Gasteiger partial charge in [-0.3, -0.25) is 4.79 Å². The first-order valence-corrected chi connectivity index (χ1v) is 6.71. The largest absolute Gasteiger partial charge is 0.508 e. The number of halogens is 1. The van der Waals surface area contributed by atoms with E-state index in [1.807, 2.05) is 6.92 Å². The van der Waals surface area contributed by atoms with Crippen molar-refractivity contribution < 1.29 is 15.0 Å². The monoisotopic (exact) mass is 290 g/mol. The third-order valence-corrected chi connectivity index (χ3v) is 3.41. The van der Waals surface area contributed by atoms with Crippen LogP contribution in [0.4, 0.5) is 0 Å². The second-order valence-corrected chi connectivity index (χ2v) is 5.01. The molecule has 0 saturated heterocycles. The molecule has 0 heterocycles. The fraction of sp³-hybridized carbons (Fsp3) is 0.188. The number of hydrogen-bond acceptors (Lipinski definition) is 3. The van der Waals surface area contributed by atoms with Gasteiger partial charge in [0.05, 0.1) is 5.56 Å². The van der Waals surface area contributed by atoms with Crippen LogP contribution in [0.25, 0.3) is 0 Å². The van der Waals surface area contributed by atoms with Crippen molar-refractivity contribution in [3.8, 4) is 11.5 Å². The Morgan fingerprint density at radius 1 is 1.10 bits per heavy atom. The molecule has 2 aromatic rings. The lowest BCUT2D eigenvalue weighted by Gasteiger charge is -2.08. The Labute approximate surface area is 122 Å². The highest BCUT2D eigenvalue weighted by molar-refractivity contribution is 6.30. The highest BCUT2D eigenvalue weighted by Crippen LogP contribution is 2.28. The van der Waals surface area contributed by atoms with E-state index in [-0.39, 0.29) is 29.3 Å². The average molecular weight is 291 g/mol. The standard InChI is InChI=1S/C16H15ClO3/c1-2-11-8-13(16(20)9-14(11)18)15(19)7-10-3-5-12(17)6-4-10/h3-6,8-9,18,20H,2,7H2,1H3. The summed E-state index contributed by atoms with van der Waals surface area (Å²) in [6, 6.07) is 9.75. The summed E-state index contributed by atoms with van der Waals surface area (Å²) in [5, 5.41) is 20.0. The summed E-state index contributed by atoms with van der Waals surface area (Å²) in [6.45, 7) is 1.87. The fourth-order valence-electron chi connectivity index (χ4n) is 2.01. The van der Waals surface area contributed by atoms with Gasteiger partial charge < -0.3 is 10.2 Å². The third kappa shape index (κ3) is 3.11. The third-order valence-electron chi connectivity index (χ3n) is 3.16. The normalized spacial score (nSPS) is 10.5. The zero-order valence-electron chi connectivity index (χ0n) is 11.1. The second kappa shape index (κ2) is 5.97. The number of aryl methyl sites for hydroxylation is 1. The molecule has 0 bridgehead atoms. The summed E-state index contributed by atoms with van der Waals surface area (Å²) >= 11 is 5.79. The van der Waals surface area contributed by atoms with E-state index in [4.69, 9.17) is 11.6 Å². The number of rotatable bonds is 4. The molecule has 4 heteroatoms. The Morgan fingerprint density at radius 2 is 1.75 bits per heavy atom. The minimum Gasteiger partial charge on any atom is -0.508 e. The summed E-state index contributed by atoms with van der Waals surface area (Å²) in [4.78, 5) is 12.2. The molecule has 2 aromatic carbocycles. The van der Waals surface area contributed by atoms with Crippen molar-refractivity contribution in [2.45, 2.75) is 19.8 Å². The molecule has 0 aromatic heterocycles. The molecule has 0 spiro atoms. The lowest BCUT2D eigenvalue weighted by atomic mass is 9.99. The molecule has 0 aliphatic heterocycles. The van der Waals surface area contributed by atoms with Crippen molar-refractivity contribution in [3.63, 3.8) is 0 Å². The summed E-state index contributed by atoms with van der Waals surface area (Å²) < 4.78 is 0.